The van der Waals surface area contributed by atoms with Crippen molar-refractivity contribution in [3.05, 3.63) is 83.4 Å². The Morgan fingerprint density at radius 2 is 1.75 bits per heavy atom. The van der Waals surface area contributed by atoms with Crippen LogP contribution in [0.3, 0.4) is 0 Å². The molecule has 2 unspecified atom stereocenters. The second-order valence-electron chi connectivity index (χ2n) is 8.78. The second-order valence-corrected chi connectivity index (χ2v) is 8.78. The van der Waals surface area contributed by atoms with Crippen molar-refractivity contribution >= 4 is 11.8 Å². The van der Waals surface area contributed by atoms with Gasteiger partial charge in [0.15, 0.2) is 23.0 Å². The third-order valence-electron chi connectivity index (χ3n) is 6.71. The van der Waals surface area contributed by atoms with Gasteiger partial charge < -0.3 is 29.2 Å². The van der Waals surface area contributed by atoms with Gasteiger partial charge >= 0.3 is 0 Å². The summed E-state index contributed by atoms with van der Waals surface area (Å²) >= 11 is 0. The smallest absolute Gasteiger partial charge is 0.254 e. The zero-order valence-corrected chi connectivity index (χ0v) is 20.2. The first-order valence-corrected chi connectivity index (χ1v) is 11.8. The van der Waals surface area contributed by atoms with E-state index in [1.807, 2.05) is 48.5 Å². The molecule has 2 amide bonds. The SMILES string of the molecule is COc1cccc(C2CN(C(=O)c3ccc4c(c3)OCO4)CC2C(=O)NCc2ccccc2)c1OC. The number of carbonyl (C=O) groups excluding carboxylic acids is 2. The average Bonchev–Trinajstić information content (AvgIpc) is 3.58. The lowest BCUT2D eigenvalue weighted by Gasteiger charge is -2.21. The molecule has 3 aromatic rings. The van der Waals surface area contributed by atoms with Crippen molar-refractivity contribution < 1.29 is 28.5 Å². The highest BCUT2D eigenvalue weighted by Crippen LogP contribution is 2.42. The Balaban J connectivity index is 1.43. The van der Waals surface area contributed by atoms with E-state index in [9.17, 15) is 9.59 Å². The Morgan fingerprint density at radius 1 is 0.944 bits per heavy atom. The van der Waals surface area contributed by atoms with Crippen LogP contribution >= 0.6 is 0 Å². The average molecular weight is 489 g/mol. The number of nitrogens with zero attached hydrogens (tertiary/aromatic N) is 1. The van der Waals surface area contributed by atoms with Crippen LogP contribution in [0.25, 0.3) is 0 Å². The number of rotatable bonds is 7. The van der Waals surface area contributed by atoms with Crippen LogP contribution in [0.4, 0.5) is 0 Å². The molecule has 8 nitrogen and oxygen atoms in total. The molecule has 0 bridgehead atoms. The number of methoxy groups -OCH3 is 2. The summed E-state index contributed by atoms with van der Waals surface area (Å²) < 4.78 is 22.0. The molecule has 5 rings (SSSR count). The first-order valence-electron chi connectivity index (χ1n) is 11.8. The fraction of sp³-hybridized carbons (Fsp3) is 0.286. The van der Waals surface area contributed by atoms with Crippen molar-refractivity contribution in [2.75, 3.05) is 34.1 Å². The second kappa shape index (κ2) is 10.2. The third kappa shape index (κ3) is 4.54. The van der Waals surface area contributed by atoms with Gasteiger partial charge in [0.2, 0.25) is 12.7 Å². The van der Waals surface area contributed by atoms with E-state index < -0.39 is 5.92 Å². The number of ether oxygens (including phenoxy) is 4. The summed E-state index contributed by atoms with van der Waals surface area (Å²) in [6, 6.07) is 20.5. The van der Waals surface area contributed by atoms with Crippen molar-refractivity contribution in [1.29, 1.82) is 0 Å². The van der Waals surface area contributed by atoms with Gasteiger partial charge in [0.05, 0.1) is 20.1 Å². The van der Waals surface area contributed by atoms with Gasteiger partial charge in [0.25, 0.3) is 5.91 Å². The van der Waals surface area contributed by atoms with Gasteiger partial charge in [0.1, 0.15) is 0 Å². The topological polar surface area (TPSA) is 86.3 Å². The van der Waals surface area contributed by atoms with Gasteiger partial charge in [-0.15, -0.1) is 0 Å². The molecule has 2 aliphatic heterocycles. The van der Waals surface area contributed by atoms with Crippen LogP contribution < -0.4 is 24.3 Å². The minimum Gasteiger partial charge on any atom is -0.493 e. The highest BCUT2D eigenvalue weighted by atomic mass is 16.7. The highest BCUT2D eigenvalue weighted by molar-refractivity contribution is 5.96. The van der Waals surface area contributed by atoms with Crippen LogP contribution in [0, 0.1) is 5.92 Å². The van der Waals surface area contributed by atoms with Crippen molar-refractivity contribution in [2.45, 2.75) is 12.5 Å². The largest absolute Gasteiger partial charge is 0.493 e. The molecule has 36 heavy (non-hydrogen) atoms. The van der Waals surface area contributed by atoms with Crippen LogP contribution in [0.1, 0.15) is 27.4 Å². The van der Waals surface area contributed by atoms with E-state index in [0.29, 0.717) is 41.7 Å². The predicted octanol–water partition coefficient (Wildman–Crippen LogP) is 3.60. The van der Waals surface area contributed by atoms with Gasteiger partial charge in [-0.1, -0.05) is 42.5 Å². The van der Waals surface area contributed by atoms with Gasteiger partial charge in [0, 0.05) is 36.7 Å². The normalized spacial score (nSPS) is 18.1. The predicted molar refractivity (Wildman–Crippen MR) is 133 cm³/mol. The van der Waals surface area contributed by atoms with Crippen molar-refractivity contribution in [2.24, 2.45) is 5.92 Å². The Morgan fingerprint density at radius 3 is 2.53 bits per heavy atom. The molecule has 0 spiro atoms. The lowest BCUT2D eigenvalue weighted by molar-refractivity contribution is -0.125. The van der Waals surface area contributed by atoms with Crippen molar-refractivity contribution in [3.63, 3.8) is 0 Å². The molecule has 1 saturated heterocycles. The number of nitrogens with one attached hydrogen (secondary N) is 1. The number of amides is 2. The highest BCUT2D eigenvalue weighted by Gasteiger charge is 2.42. The molecular formula is C28H28N2O6. The summed E-state index contributed by atoms with van der Waals surface area (Å²) in [7, 11) is 3.16. The third-order valence-corrected chi connectivity index (χ3v) is 6.71. The van der Waals surface area contributed by atoms with Crippen LogP contribution in [0.15, 0.2) is 66.7 Å². The molecule has 1 N–H and O–H groups in total. The molecule has 0 saturated carbocycles. The summed E-state index contributed by atoms with van der Waals surface area (Å²) in [4.78, 5) is 28.7. The number of para-hydroxylation sites is 1. The van der Waals surface area contributed by atoms with E-state index in [0.717, 1.165) is 11.1 Å². The molecule has 0 radical (unpaired) electrons. The lowest BCUT2D eigenvalue weighted by atomic mass is 9.87. The summed E-state index contributed by atoms with van der Waals surface area (Å²) in [6.45, 7) is 1.19. The molecule has 3 aromatic carbocycles. The molecular weight excluding hydrogens is 460 g/mol. The molecule has 2 aliphatic rings. The standard InChI is InChI=1S/C28H28N2O6/c1-33-24-10-6-9-20(26(24)34-2)21-15-30(28(32)19-11-12-23-25(13-19)36-17-35-23)16-22(21)27(31)29-14-18-7-4-3-5-8-18/h3-13,21-22H,14-17H2,1-2H3,(H,29,31). The van der Waals surface area contributed by atoms with E-state index in [2.05, 4.69) is 5.32 Å². The maximum atomic E-state index is 13.5. The quantitative estimate of drug-likeness (QED) is 0.547. The van der Waals surface area contributed by atoms with E-state index in [4.69, 9.17) is 18.9 Å². The van der Waals surface area contributed by atoms with Crippen LogP contribution in [-0.2, 0) is 11.3 Å². The minimum atomic E-state index is -0.465. The summed E-state index contributed by atoms with van der Waals surface area (Å²) in [5.74, 6) is 1.29. The van der Waals surface area contributed by atoms with Crippen molar-refractivity contribution in [3.8, 4) is 23.0 Å². The van der Waals surface area contributed by atoms with Crippen LogP contribution in [0.5, 0.6) is 23.0 Å². The first-order chi connectivity index (χ1) is 17.6. The number of likely N-dealkylation sites (tertiary alicyclic amines) is 1. The fourth-order valence-electron chi connectivity index (χ4n) is 4.88. The van der Waals surface area contributed by atoms with Crippen LogP contribution in [-0.4, -0.2) is 50.8 Å². The lowest BCUT2D eigenvalue weighted by Crippen LogP contribution is -2.35. The first kappa shape index (κ1) is 23.5. The zero-order valence-electron chi connectivity index (χ0n) is 20.2. The zero-order chi connectivity index (χ0) is 25.1. The Hall–Kier alpha value is -4.20. The Bertz CT molecular complexity index is 1260. The molecule has 8 heteroatoms. The number of hydrogen-bond acceptors (Lipinski definition) is 6. The van der Waals surface area contributed by atoms with Gasteiger partial charge in [-0.3, -0.25) is 9.59 Å². The maximum absolute atomic E-state index is 13.5. The Labute approximate surface area is 209 Å². The molecule has 1 fully saturated rings. The van der Waals surface area contributed by atoms with E-state index in [1.165, 1.54) is 0 Å². The molecule has 186 valence electrons. The van der Waals surface area contributed by atoms with E-state index in [-0.39, 0.29) is 31.1 Å². The summed E-state index contributed by atoms with van der Waals surface area (Å²) in [5.41, 5.74) is 2.33. The number of carbonyl (C=O) groups is 2. The molecule has 2 atom stereocenters. The molecule has 0 aliphatic carbocycles. The maximum Gasteiger partial charge on any atom is 0.254 e. The monoisotopic (exact) mass is 488 g/mol. The number of benzene rings is 3. The van der Waals surface area contributed by atoms with E-state index >= 15 is 0 Å². The number of fused-ring (bicyclic) bond motifs is 1. The molecule has 0 aromatic heterocycles. The molecule has 2 heterocycles. The minimum absolute atomic E-state index is 0.116. The summed E-state index contributed by atoms with van der Waals surface area (Å²) in [6.07, 6.45) is 0. The summed E-state index contributed by atoms with van der Waals surface area (Å²) in [5, 5.41) is 3.05. The van der Waals surface area contributed by atoms with Gasteiger partial charge in [-0.05, 0) is 29.8 Å². The fourth-order valence-corrected chi connectivity index (χ4v) is 4.88. The van der Waals surface area contributed by atoms with Crippen molar-refractivity contribution in [1.82, 2.24) is 10.2 Å². The van der Waals surface area contributed by atoms with Gasteiger partial charge in [-0.2, -0.15) is 0 Å². The number of hydrogen-bond donors (Lipinski definition) is 1. The Kier molecular flexibility index (Phi) is 6.66. The van der Waals surface area contributed by atoms with Crippen LogP contribution in [0.2, 0.25) is 0 Å². The van der Waals surface area contributed by atoms with E-state index in [1.54, 1.807) is 37.3 Å². The van der Waals surface area contributed by atoms with Gasteiger partial charge in [-0.25, -0.2) is 0 Å².